The maximum absolute atomic E-state index is 6.38. The zero-order valence-electron chi connectivity index (χ0n) is 15.8. The molecule has 2 aromatic carbocycles. The maximum atomic E-state index is 6.38. The third kappa shape index (κ3) is 5.58. The maximum Gasteiger partial charge on any atom is 0.151 e. The summed E-state index contributed by atoms with van der Waals surface area (Å²) >= 11 is 0. The number of hydrogen-bond donors (Lipinski definition) is 0. The van der Waals surface area contributed by atoms with E-state index in [0.29, 0.717) is 12.5 Å². The normalized spacial score (nSPS) is 17.5. The lowest BCUT2D eigenvalue weighted by molar-refractivity contribution is -0.105. The molecular weight excluding hydrogens is 324 g/mol. The summed E-state index contributed by atoms with van der Waals surface area (Å²) in [5.41, 5.74) is 1.18. The Labute approximate surface area is 157 Å². The molecule has 140 valence electrons. The Morgan fingerprint density at radius 2 is 1.58 bits per heavy atom. The van der Waals surface area contributed by atoms with Crippen LogP contribution in [0, 0.1) is 5.92 Å². The molecule has 0 radical (unpaired) electrons. The van der Waals surface area contributed by atoms with E-state index in [9.17, 15) is 0 Å². The van der Waals surface area contributed by atoms with Crippen LogP contribution in [0.25, 0.3) is 0 Å². The lowest BCUT2D eigenvalue weighted by Crippen LogP contribution is -2.45. The van der Waals surface area contributed by atoms with E-state index in [1.807, 2.05) is 48.5 Å². The van der Waals surface area contributed by atoms with Gasteiger partial charge in [0.1, 0.15) is 5.75 Å². The monoisotopic (exact) mass is 354 g/mol. The highest BCUT2D eigenvalue weighted by molar-refractivity contribution is 5.22. The van der Waals surface area contributed by atoms with Gasteiger partial charge in [-0.3, -0.25) is 0 Å². The molecule has 1 saturated carbocycles. The smallest absolute Gasteiger partial charge is 0.151 e. The van der Waals surface area contributed by atoms with Crippen LogP contribution in [0.2, 0.25) is 0 Å². The van der Waals surface area contributed by atoms with Gasteiger partial charge in [-0.2, -0.15) is 0 Å². The molecule has 3 nitrogen and oxygen atoms in total. The number of hydrogen-bond acceptors (Lipinski definition) is 3. The first-order chi connectivity index (χ1) is 12.8. The first-order valence-corrected chi connectivity index (χ1v) is 9.76. The van der Waals surface area contributed by atoms with E-state index in [0.717, 1.165) is 18.8 Å². The van der Waals surface area contributed by atoms with E-state index in [1.54, 1.807) is 0 Å². The second-order valence-electron chi connectivity index (χ2n) is 7.07. The van der Waals surface area contributed by atoms with E-state index in [-0.39, 0.29) is 18.3 Å². The minimum absolute atomic E-state index is 0.0575. The van der Waals surface area contributed by atoms with E-state index in [2.05, 4.69) is 26.0 Å². The van der Waals surface area contributed by atoms with Gasteiger partial charge in [0.25, 0.3) is 0 Å². The van der Waals surface area contributed by atoms with Crippen molar-refractivity contribution in [2.75, 3.05) is 6.61 Å². The zero-order valence-corrected chi connectivity index (χ0v) is 15.8. The lowest BCUT2D eigenvalue weighted by atomic mass is 10.0. The molecule has 0 heterocycles. The molecule has 3 rings (SSSR count). The van der Waals surface area contributed by atoms with Crippen LogP contribution >= 0.6 is 0 Å². The molecule has 3 unspecified atom stereocenters. The Morgan fingerprint density at radius 3 is 2.19 bits per heavy atom. The summed E-state index contributed by atoms with van der Waals surface area (Å²) in [6, 6.07) is 20.3. The third-order valence-electron chi connectivity index (χ3n) is 4.76. The zero-order chi connectivity index (χ0) is 18.2. The lowest BCUT2D eigenvalue weighted by Gasteiger charge is -2.32. The van der Waals surface area contributed by atoms with Gasteiger partial charge in [0.15, 0.2) is 6.10 Å². The summed E-state index contributed by atoms with van der Waals surface area (Å²) in [6.45, 7) is 5.59. The fourth-order valence-corrected chi connectivity index (χ4v) is 3.16. The van der Waals surface area contributed by atoms with Crippen LogP contribution in [0.1, 0.15) is 38.7 Å². The summed E-state index contributed by atoms with van der Waals surface area (Å²) < 4.78 is 18.8. The van der Waals surface area contributed by atoms with E-state index in [1.165, 1.54) is 18.4 Å². The topological polar surface area (TPSA) is 27.7 Å². The van der Waals surface area contributed by atoms with Crippen molar-refractivity contribution < 1.29 is 14.2 Å². The average Bonchev–Trinajstić information content (AvgIpc) is 3.52. The van der Waals surface area contributed by atoms with Crippen LogP contribution in [0.5, 0.6) is 5.75 Å². The standard InChI is InChI=1S/C23H30O3/c1-3-16-24-23(20-14-15-20)22(26-21-12-8-5-9-13-21)18(2)25-17-19-10-6-4-7-11-19/h4-13,18,20,22-23H,3,14-17H2,1-2H3. The third-order valence-corrected chi connectivity index (χ3v) is 4.76. The summed E-state index contributed by atoms with van der Waals surface area (Å²) in [4.78, 5) is 0. The summed E-state index contributed by atoms with van der Waals surface area (Å²) in [5.74, 6) is 1.46. The van der Waals surface area contributed by atoms with Crippen LogP contribution in [0.15, 0.2) is 60.7 Å². The average molecular weight is 354 g/mol. The molecule has 1 aliphatic carbocycles. The predicted octanol–water partition coefficient (Wildman–Crippen LogP) is 5.24. The van der Waals surface area contributed by atoms with Crippen LogP contribution in [0.4, 0.5) is 0 Å². The Morgan fingerprint density at radius 1 is 0.923 bits per heavy atom. The summed E-state index contributed by atoms with van der Waals surface area (Å²) in [7, 11) is 0. The van der Waals surface area contributed by atoms with Crippen molar-refractivity contribution in [2.24, 2.45) is 5.92 Å². The van der Waals surface area contributed by atoms with Crippen LogP contribution in [-0.2, 0) is 16.1 Å². The summed E-state index contributed by atoms with van der Waals surface area (Å²) in [5, 5.41) is 0. The molecule has 3 heteroatoms. The van der Waals surface area contributed by atoms with Crippen molar-refractivity contribution in [3.05, 3.63) is 66.2 Å². The van der Waals surface area contributed by atoms with Crippen molar-refractivity contribution in [1.82, 2.24) is 0 Å². The fourth-order valence-electron chi connectivity index (χ4n) is 3.16. The highest BCUT2D eigenvalue weighted by Gasteiger charge is 2.41. The SMILES string of the molecule is CCCOC(C1CC1)C(Oc1ccccc1)C(C)OCc1ccccc1. The largest absolute Gasteiger partial charge is 0.485 e. The molecule has 0 aliphatic heterocycles. The van der Waals surface area contributed by atoms with Gasteiger partial charge in [-0.25, -0.2) is 0 Å². The number of rotatable bonds is 11. The van der Waals surface area contributed by atoms with Gasteiger partial charge in [-0.15, -0.1) is 0 Å². The highest BCUT2D eigenvalue weighted by atomic mass is 16.6. The highest BCUT2D eigenvalue weighted by Crippen LogP contribution is 2.38. The number of para-hydroxylation sites is 1. The van der Waals surface area contributed by atoms with Crippen LogP contribution in [-0.4, -0.2) is 24.9 Å². The van der Waals surface area contributed by atoms with Gasteiger partial charge >= 0.3 is 0 Å². The van der Waals surface area contributed by atoms with Gasteiger partial charge < -0.3 is 14.2 Å². The van der Waals surface area contributed by atoms with E-state index >= 15 is 0 Å². The van der Waals surface area contributed by atoms with Crippen LogP contribution in [0.3, 0.4) is 0 Å². The van der Waals surface area contributed by atoms with Crippen molar-refractivity contribution in [2.45, 2.75) is 58.0 Å². The fraction of sp³-hybridized carbons (Fsp3) is 0.478. The molecular formula is C23H30O3. The van der Waals surface area contributed by atoms with E-state index in [4.69, 9.17) is 14.2 Å². The molecule has 0 N–H and O–H groups in total. The van der Waals surface area contributed by atoms with Crippen LogP contribution < -0.4 is 4.74 Å². The minimum atomic E-state index is -0.111. The molecule has 2 aromatic rings. The van der Waals surface area contributed by atoms with Crippen molar-refractivity contribution in [3.63, 3.8) is 0 Å². The molecule has 0 spiro atoms. The first-order valence-electron chi connectivity index (χ1n) is 9.76. The van der Waals surface area contributed by atoms with Crippen molar-refractivity contribution in [1.29, 1.82) is 0 Å². The van der Waals surface area contributed by atoms with Crippen molar-refractivity contribution in [3.8, 4) is 5.75 Å². The van der Waals surface area contributed by atoms with Gasteiger partial charge in [-0.05, 0) is 49.8 Å². The molecule has 3 atom stereocenters. The molecule has 26 heavy (non-hydrogen) atoms. The predicted molar refractivity (Wildman–Crippen MR) is 104 cm³/mol. The van der Waals surface area contributed by atoms with Gasteiger partial charge in [0.05, 0.1) is 18.8 Å². The molecule has 0 aromatic heterocycles. The minimum Gasteiger partial charge on any atom is -0.485 e. The quantitative estimate of drug-likeness (QED) is 0.552. The molecule has 1 fully saturated rings. The number of ether oxygens (including phenoxy) is 3. The van der Waals surface area contributed by atoms with Gasteiger partial charge in [-0.1, -0.05) is 55.5 Å². The number of benzene rings is 2. The Bertz CT molecular complexity index is 624. The molecule has 0 amide bonds. The van der Waals surface area contributed by atoms with Gasteiger partial charge in [0, 0.05) is 6.61 Å². The summed E-state index contributed by atoms with van der Waals surface area (Å²) in [6.07, 6.45) is 3.36. The van der Waals surface area contributed by atoms with E-state index < -0.39 is 0 Å². The molecule has 0 saturated heterocycles. The second kappa shape index (κ2) is 9.75. The Kier molecular flexibility index (Phi) is 7.10. The molecule has 1 aliphatic rings. The first kappa shape index (κ1) is 18.9. The molecule has 0 bridgehead atoms. The second-order valence-corrected chi connectivity index (χ2v) is 7.07. The van der Waals surface area contributed by atoms with Crippen molar-refractivity contribution >= 4 is 0 Å². The Balaban J connectivity index is 1.70. The van der Waals surface area contributed by atoms with Gasteiger partial charge in [0.2, 0.25) is 0 Å². The Hall–Kier alpha value is -1.84.